The van der Waals surface area contributed by atoms with E-state index in [9.17, 15) is 0 Å². The van der Waals surface area contributed by atoms with Crippen LogP contribution in [0.3, 0.4) is 0 Å². The summed E-state index contributed by atoms with van der Waals surface area (Å²) < 4.78 is 0. The van der Waals surface area contributed by atoms with Crippen LogP contribution in [0.1, 0.15) is 0 Å². The highest BCUT2D eigenvalue weighted by Crippen LogP contribution is 2.40. The van der Waals surface area contributed by atoms with Crippen LogP contribution in [0.5, 0.6) is 0 Å². The van der Waals surface area contributed by atoms with Gasteiger partial charge in [0.15, 0.2) is 0 Å². The van der Waals surface area contributed by atoms with E-state index in [4.69, 9.17) is 0 Å². The van der Waals surface area contributed by atoms with Gasteiger partial charge in [0.1, 0.15) is 0 Å². The first kappa shape index (κ1) is 28.8. The van der Waals surface area contributed by atoms with Crippen molar-refractivity contribution in [1.82, 2.24) is 0 Å². The van der Waals surface area contributed by atoms with Gasteiger partial charge in [-0.25, -0.2) is 0 Å². The molecule has 0 N–H and O–H groups in total. The van der Waals surface area contributed by atoms with Gasteiger partial charge in [-0.3, -0.25) is 0 Å². The Kier molecular flexibility index (Phi) is 7.22. The molecule has 0 unspecified atom stereocenters. The zero-order valence-electron chi connectivity index (χ0n) is 27.0. The van der Waals surface area contributed by atoms with Crippen molar-refractivity contribution in [2.24, 2.45) is 0 Å². The zero-order valence-corrected chi connectivity index (χ0v) is 27.0. The molecule has 0 fully saturated rings. The third kappa shape index (κ3) is 5.42. The fourth-order valence-electron chi connectivity index (χ4n) is 7.15. The van der Waals surface area contributed by atoms with E-state index in [0.717, 1.165) is 17.1 Å². The maximum Gasteiger partial charge on any atom is 0.0468 e. The summed E-state index contributed by atoms with van der Waals surface area (Å²) in [6, 6.07) is 72.4. The van der Waals surface area contributed by atoms with Gasteiger partial charge in [0.25, 0.3) is 0 Å². The molecule has 230 valence electrons. The van der Waals surface area contributed by atoms with Crippen molar-refractivity contribution in [2.45, 2.75) is 0 Å². The molecule has 0 aliphatic rings. The van der Waals surface area contributed by atoms with E-state index in [2.05, 4.69) is 205 Å². The predicted molar refractivity (Wildman–Crippen MR) is 210 cm³/mol. The average molecular weight is 624 g/mol. The minimum atomic E-state index is 1.11. The van der Waals surface area contributed by atoms with Crippen LogP contribution in [-0.4, -0.2) is 0 Å². The summed E-state index contributed by atoms with van der Waals surface area (Å²) in [5, 5.41) is 7.62. The number of hydrogen-bond donors (Lipinski definition) is 0. The average Bonchev–Trinajstić information content (AvgIpc) is 3.19. The van der Waals surface area contributed by atoms with Crippen molar-refractivity contribution in [3.8, 4) is 33.4 Å². The van der Waals surface area contributed by atoms with Crippen LogP contribution < -0.4 is 4.90 Å². The number of anilines is 3. The van der Waals surface area contributed by atoms with E-state index >= 15 is 0 Å². The van der Waals surface area contributed by atoms with Gasteiger partial charge in [-0.2, -0.15) is 0 Å². The number of hydrogen-bond acceptors (Lipinski definition) is 1. The molecule has 9 aromatic rings. The Hall–Kier alpha value is -6.44. The molecule has 0 amide bonds. The van der Waals surface area contributed by atoms with Gasteiger partial charge < -0.3 is 4.90 Å². The normalized spacial score (nSPS) is 11.3. The monoisotopic (exact) mass is 623 g/mol. The Morgan fingerprint density at radius 1 is 0.245 bits per heavy atom. The largest absolute Gasteiger partial charge is 0.310 e. The first-order valence-electron chi connectivity index (χ1n) is 16.8. The standard InChI is InChI=1S/C48H33N/c1-3-10-34(11-4-1)36-18-20-37(21-19-36)38-26-28-43(29-27-38)49(44-16-9-15-41(32-44)35-12-5-2-6-13-35)45-30-31-47-42(33-45)25-24-40-23-22-39-14-7-8-17-46(39)48(40)47/h1-33H. The highest BCUT2D eigenvalue weighted by atomic mass is 15.1. The fourth-order valence-corrected chi connectivity index (χ4v) is 7.15. The molecule has 0 radical (unpaired) electrons. The van der Waals surface area contributed by atoms with Crippen LogP contribution in [0.2, 0.25) is 0 Å². The number of fused-ring (bicyclic) bond motifs is 5. The van der Waals surface area contributed by atoms with Crippen molar-refractivity contribution in [3.05, 3.63) is 200 Å². The molecule has 0 bridgehead atoms. The molecule has 1 nitrogen and oxygen atoms in total. The van der Waals surface area contributed by atoms with E-state index in [-0.39, 0.29) is 0 Å². The summed E-state index contributed by atoms with van der Waals surface area (Å²) >= 11 is 0. The minimum absolute atomic E-state index is 1.11. The van der Waals surface area contributed by atoms with Crippen LogP contribution in [0.15, 0.2) is 200 Å². The second-order valence-electron chi connectivity index (χ2n) is 12.6. The summed E-state index contributed by atoms with van der Waals surface area (Å²) in [5.41, 5.74) is 10.6. The second-order valence-corrected chi connectivity index (χ2v) is 12.6. The number of rotatable bonds is 6. The van der Waals surface area contributed by atoms with E-state index in [1.165, 1.54) is 65.7 Å². The Morgan fingerprint density at radius 3 is 1.41 bits per heavy atom. The lowest BCUT2D eigenvalue weighted by molar-refractivity contribution is 1.29. The van der Waals surface area contributed by atoms with Gasteiger partial charge in [0.05, 0.1) is 0 Å². The van der Waals surface area contributed by atoms with E-state index in [1.54, 1.807) is 0 Å². The van der Waals surface area contributed by atoms with E-state index in [1.807, 2.05) is 0 Å². The molecule has 0 heterocycles. The summed E-state index contributed by atoms with van der Waals surface area (Å²) in [5.74, 6) is 0. The Morgan fingerprint density at radius 2 is 0.714 bits per heavy atom. The van der Waals surface area contributed by atoms with Gasteiger partial charge in [0.2, 0.25) is 0 Å². The highest BCUT2D eigenvalue weighted by Gasteiger charge is 2.16. The molecule has 0 aliphatic heterocycles. The second kappa shape index (κ2) is 12.3. The lowest BCUT2D eigenvalue weighted by Gasteiger charge is -2.27. The zero-order chi connectivity index (χ0) is 32.6. The predicted octanol–water partition coefficient (Wildman–Crippen LogP) is 13.6. The highest BCUT2D eigenvalue weighted by molar-refractivity contribution is 6.20. The lowest BCUT2D eigenvalue weighted by Crippen LogP contribution is -2.10. The Balaban J connectivity index is 1.15. The Bertz CT molecular complexity index is 2570. The van der Waals surface area contributed by atoms with Gasteiger partial charge >= 0.3 is 0 Å². The molecule has 0 aliphatic carbocycles. The van der Waals surface area contributed by atoms with Gasteiger partial charge in [-0.1, -0.05) is 164 Å². The van der Waals surface area contributed by atoms with Gasteiger partial charge in [0, 0.05) is 17.1 Å². The smallest absolute Gasteiger partial charge is 0.0468 e. The van der Waals surface area contributed by atoms with Gasteiger partial charge in [-0.15, -0.1) is 0 Å². The van der Waals surface area contributed by atoms with Crippen LogP contribution in [-0.2, 0) is 0 Å². The number of nitrogens with zero attached hydrogens (tertiary/aromatic N) is 1. The van der Waals surface area contributed by atoms with Crippen LogP contribution in [0.25, 0.3) is 65.7 Å². The van der Waals surface area contributed by atoms with Crippen molar-refractivity contribution < 1.29 is 0 Å². The van der Waals surface area contributed by atoms with Gasteiger partial charge in [-0.05, 0) is 102 Å². The van der Waals surface area contributed by atoms with Crippen molar-refractivity contribution >= 4 is 49.4 Å². The summed E-state index contributed by atoms with van der Waals surface area (Å²) in [6.45, 7) is 0. The summed E-state index contributed by atoms with van der Waals surface area (Å²) in [7, 11) is 0. The van der Waals surface area contributed by atoms with E-state index < -0.39 is 0 Å². The topological polar surface area (TPSA) is 3.24 Å². The Labute approximate surface area is 287 Å². The summed E-state index contributed by atoms with van der Waals surface area (Å²) in [4.78, 5) is 2.38. The minimum Gasteiger partial charge on any atom is -0.310 e. The first-order chi connectivity index (χ1) is 24.3. The molecule has 1 heteroatoms. The quantitative estimate of drug-likeness (QED) is 0.167. The molecule has 0 saturated carbocycles. The molecule has 0 atom stereocenters. The molecular weight excluding hydrogens is 591 g/mol. The first-order valence-corrected chi connectivity index (χ1v) is 16.8. The third-order valence-corrected chi connectivity index (χ3v) is 9.63. The molecular formula is C48H33N. The molecule has 0 aromatic heterocycles. The molecule has 49 heavy (non-hydrogen) atoms. The van der Waals surface area contributed by atoms with Crippen molar-refractivity contribution in [2.75, 3.05) is 4.90 Å². The van der Waals surface area contributed by atoms with Crippen molar-refractivity contribution in [1.29, 1.82) is 0 Å². The molecule has 9 rings (SSSR count). The molecule has 0 spiro atoms. The molecule has 9 aromatic carbocycles. The van der Waals surface area contributed by atoms with Crippen LogP contribution >= 0.6 is 0 Å². The van der Waals surface area contributed by atoms with Crippen LogP contribution in [0, 0.1) is 0 Å². The third-order valence-electron chi connectivity index (χ3n) is 9.63. The van der Waals surface area contributed by atoms with Crippen molar-refractivity contribution in [3.63, 3.8) is 0 Å². The maximum atomic E-state index is 2.38. The summed E-state index contributed by atoms with van der Waals surface area (Å²) in [6.07, 6.45) is 0. The fraction of sp³-hybridized carbons (Fsp3) is 0. The van der Waals surface area contributed by atoms with E-state index in [0.29, 0.717) is 0 Å². The number of benzene rings is 9. The SMILES string of the molecule is c1ccc(-c2ccc(-c3ccc(N(c4cccc(-c5ccccc5)c4)c4ccc5c(ccc6ccc7ccccc7c65)c4)cc3)cc2)cc1. The lowest BCUT2D eigenvalue weighted by atomic mass is 9.96. The van der Waals surface area contributed by atoms with Crippen LogP contribution in [0.4, 0.5) is 17.1 Å². The maximum absolute atomic E-state index is 2.38. The molecule has 0 saturated heterocycles.